The van der Waals surface area contributed by atoms with Crippen LogP contribution in [0.4, 0.5) is 4.79 Å². The summed E-state index contributed by atoms with van der Waals surface area (Å²) in [5.74, 6) is -1.83. The van der Waals surface area contributed by atoms with E-state index in [4.69, 9.17) is 9.47 Å². The van der Waals surface area contributed by atoms with Crippen molar-refractivity contribution in [3.63, 3.8) is 0 Å². The first kappa shape index (κ1) is 30.7. The molecule has 10 heteroatoms. The van der Waals surface area contributed by atoms with Gasteiger partial charge in [-0.25, -0.2) is 9.59 Å². The van der Waals surface area contributed by atoms with Crippen molar-refractivity contribution in [1.29, 1.82) is 0 Å². The Hall–Kier alpha value is -3.56. The van der Waals surface area contributed by atoms with E-state index < -0.39 is 47.6 Å². The van der Waals surface area contributed by atoms with Crippen molar-refractivity contribution in [3.8, 4) is 0 Å². The molecule has 10 nitrogen and oxygen atoms in total. The van der Waals surface area contributed by atoms with Crippen LogP contribution in [0.3, 0.4) is 0 Å². The quantitative estimate of drug-likeness (QED) is 0.328. The number of rotatable bonds is 11. The zero-order chi connectivity index (χ0) is 28.6. The number of H-pyrrole nitrogens is 1. The van der Waals surface area contributed by atoms with Gasteiger partial charge in [0.05, 0.1) is 7.11 Å². The molecule has 0 aliphatic rings. The molecule has 3 atom stereocenters. The molecular weight excluding hydrogens is 488 g/mol. The number of hydrogen-bond acceptors (Lipinski definition) is 6. The SMILES string of the molecule is COC(=O)[C@@H](Cc1c[nH]c2ccccc12)NC(=O)[C@H](CC(C)C)NC(=O)[C@@H](NC(=O)OC(C)(C)C)C(C)C. The molecule has 2 rings (SSSR count). The number of carbonyl (C=O) groups is 4. The van der Waals surface area contributed by atoms with Crippen LogP contribution in [0, 0.1) is 11.8 Å². The highest BCUT2D eigenvalue weighted by atomic mass is 16.6. The van der Waals surface area contributed by atoms with Crippen LogP contribution in [-0.4, -0.2) is 59.7 Å². The van der Waals surface area contributed by atoms with Crippen LogP contribution in [0.5, 0.6) is 0 Å². The smallest absolute Gasteiger partial charge is 0.408 e. The van der Waals surface area contributed by atoms with Gasteiger partial charge in [-0.05, 0) is 50.7 Å². The van der Waals surface area contributed by atoms with E-state index in [1.54, 1.807) is 40.8 Å². The standard InChI is InChI=1S/C28H42N4O6/c1-16(2)13-21(30-25(34)23(17(3)4)32-27(36)38-28(5,6)7)24(33)31-22(26(35)37-8)14-18-15-29-20-12-10-9-11-19(18)20/h9-12,15-17,21-23,29H,13-14H2,1-8H3,(H,30,34)(H,31,33)(H,32,36)/t21-,22+,23-/m0/s1. The molecule has 210 valence electrons. The minimum absolute atomic E-state index is 0.0626. The van der Waals surface area contributed by atoms with Crippen LogP contribution in [-0.2, 0) is 30.3 Å². The summed E-state index contributed by atoms with van der Waals surface area (Å²) in [5.41, 5.74) is 1.04. The number of carbonyl (C=O) groups excluding carboxylic acids is 4. The zero-order valence-electron chi connectivity index (χ0n) is 23.6. The van der Waals surface area contributed by atoms with Crippen LogP contribution >= 0.6 is 0 Å². The predicted molar refractivity (Wildman–Crippen MR) is 145 cm³/mol. The molecule has 4 N–H and O–H groups in total. The monoisotopic (exact) mass is 530 g/mol. The van der Waals surface area contributed by atoms with Crippen molar-refractivity contribution in [1.82, 2.24) is 20.9 Å². The summed E-state index contributed by atoms with van der Waals surface area (Å²) in [6, 6.07) is 4.85. The fourth-order valence-corrected chi connectivity index (χ4v) is 4.06. The maximum Gasteiger partial charge on any atom is 0.408 e. The fraction of sp³-hybridized carbons (Fsp3) is 0.571. The van der Waals surface area contributed by atoms with Crippen molar-refractivity contribution in [2.24, 2.45) is 11.8 Å². The molecule has 0 spiro atoms. The Labute approximate surface area is 224 Å². The summed E-state index contributed by atoms with van der Waals surface area (Å²) in [4.78, 5) is 54.7. The second kappa shape index (κ2) is 13.3. The number of para-hydroxylation sites is 1. The molecule has 0 radical (unpaired) electrons. The molecule has 38 heavy (non-hydrogen) atoms. The molecule has 0 aliphatic carbocycles. The highest BCUT2D eigenvalue weighted by Crippen LogP contribution is 2.20. The normalized spacial score (nSPS) is 14.1. The van der Waals surface area contributed by atoms with Gasteiger partial charge in [0.15, 0.2) is 0 Å². The third-order valence-electron chi connectivity index (χ3n) is 5.86. The summed E-state index contributed by atoms with van der Waals surface area (Å²) in [7, 11) is 1.26. The number of fused-ring (bicyclic) bond motifs is 1. The lowest BCUT2D eigenvalue weighted by Gasteiger charge is -2.28. The van der Waals surface area contributed by atoms with E-state index in [-0.39, 0.29) is 18.3 Å². The lowest BCUT2D eigenvalue weighted by molar-refractivity contribution is -0.145. The minimum Gasteiger partial charge on any atom is -0.467 e. The molecule has 0 saturated carbocycles. The Morgan fingerprint density at radius 3 is 2.13 bits per heavy atom. The molecule has 0 fully saturated rings. The number of esters is 1. The van der Waals surface area contributed by atoms with Gasteiger partial charge in [0.25, 0.3) is 0 Å². The first-order chi connectivity index (χ1) is 17.7. The van der Waals surface area contributed by atoms with Gasteiger partial charge in [-0.15, -0.1) is 0 Å². The number of ether oxygens (including phenoxy) is 2. The van der Waals surface area contributed by atoms with Crippen molar-refractivity contribution in [2.75, 3.05) is 7.11 Å². The number of nitrogens with one attached hydrogen (secondary N) is 4. The lowest BCUT2D eigenvalue weighted by atomic mass is 9.99. The van der Waals surface area contributed by atoms with Crippen molar-refractivity contribution in [2.45, 2.75) is 85.0 Å². The molecule has 1 aromatic heterocycles. The van der Waals surface area contributed by atoms with Gasteiger partial charge < -0.3 is 30.4 Å². The molecular formula is C28H42N4O6. The van der Waals surface area contributed by atoms with Gasteiger partial charge in [0.1, 0.15) is 23.7 Å². The topological polar surface area (TPSA) is 139 Å². The van der Waals surface area contributed by atoms with E-state index in [1.165, 1.54) is 7.11 Å². The van der Waals surface area contributed by atoms with Crippen molar-refractivity contribution >= 4 is 34.8 Å². The lowest BCUT2D eigenvalue weighted by Crippen LogP contribution is -2.57. The van der Waals surface area contributed by atoms with Crippen LogP contribution in [0.1, 0.15) is 60.5 Å². The van der Waals surface area contributed by atoms with Crippen LogP contribution in [0.25, 0.3) is 10.9 Å². The van der Waals surface area contributed by atoms with E-state index in [1.807, 2.05) is 38.1 Å². The summed E-state index contributed by atoms with van der Waals surface area (Å²) in [6.45, 7) is 12.6. The molecule has 2 aromatic rings. The number of hydrogen-bond donors (Lipinski definition) is 4. The van der Waals surface area contributed by atoms with Crippen LogP contribution in [0.15, 0.2) is 30.5 Å². The number of amides is 3. The summed E-state index contributed by atoms with van der Waals surface area (Å²) >= 11 is 0. The first-order valence-electron chi connectivity index (χ1n) is 12.9. The Balaban J connectivity index is 2.20. The van der Waals surface area contributed by atoms with E-state index in [0.717, 1.165) is 16.5 Å². The van der Waals surface area contributed by atoms with Crippen LogP contribution in [0.2, 0.25) is 0 Å². The maximum absolute atomic E-state index is 13.4. The van der Waals surface area contributed by atoms with E-state index in [9.17, 15) is 19.2 Å². The average Bonchev–Trinajstić information content (AvgIpc) is 3.22. The highest BCUT2D eigenvalue weighted by Gasteiger charge is 2.32. The van der Waals surface area contributed by atoms with Gasteiger partial charge in [-0.1, -0.05) is 45.9 Å². The van der Waals surface area contributed by atoms with Gasteiger partial charge in [0.2, 0.25) is 11.8 Å². The molecule has 1 heterocycles. The van der Waals surface area contributed by atoms with E-state index >= 15 is 0 Å². The first-order valence-corrected chi connectivity index (χ1v) is 12.9. The minimum atomic E-state index is -0.959. The predicted octanol–water partition coefficient (Wildman–Crippen LogP) is 3.45. The second-order valence-electron chi connectivity index (χ2n) is 11.2. The zero-order valence-corrected chi connectivity index (χ0v) is 23.6. The Bertz CT molecular complexity index is 1120. The summed E-state index contributed by atoms with van der Waals surface area (Å²) in [6.07, 6.45) is 1.62. The molecule has 0 aliphatic heterocycles. The molecule has 0 saturated heterocycles. The molecule has 1 aromatic carbocycles. The number of alkyl carbamates (subject to hydrolysis) is 1. The van der Waals surface area contributed by atoms with Crippen LogP contribution < -0.4 is 16.0 Å². The molecule has 3 amide bonds. The van der Waals surface area contributed by atoms with Gasteiger partial charge in [-0.2, -0.15) is 0 Å². The Kier molecular flexibility index (Phi) is 10.7. The third-order valence-corrected chi connectivity index (χ3v) is 5.86. The average molecular weight is 531 g/mol. The van der Waals surface area contributed by atoms with Gasteiger partial charge in [0, 0.05) is 23.5 Å². The van der Waals surface area contributed by atoms with E-state index in [0.29, 0.717) is 6.42 Å². The summed E-state index contributed by atoms with van der Waals surface area (Å²) < 4.78 is 10.3. The number of aromatic nitrogens is 1. The maximum atomic E-state index is 13.4. The number of benzene rings is 1. The van der Waals surface area contributed by atoms with Gasteiger partial charge >= 0.3 is 12.1 Å². The summed E-state index contributed by atoms with van der Waals surface area (Å²) in [5, 5.41) is 9.08. The molecule has 0 bridgehead atoms. The third kappa shape index (κ3) is 9.08. The molecule has 0 unspecified atom stereocenters. The number of aromatic amines is 1. The van der Waals surface area contributed by atoms with Crippen molar-refractivity contribution in [3.05, 3.63) is 36.0 Å². The van der Waals surface area contributed by atoms with E-state index in [2.05, 4.69) is 20.9 Å². The Morgan fingerprint density at radius 1 is 0.921 bits per heavy atom. The van der Waals surface area contributed by atoms with Gasteiger partial charge in [-0.3, -0.25) is 9.59 Å². The largest absolute Gasteiger partial charge is 0.467 e. The Morgan fingerprint density at radius 2 is 1.55 bits per heavy atom. The number of methoxy groups -OCH3 is 1. The fourth-order valence-electron chi connectivity index (χ4n) is 4.06. The second-order valence-corrected chi connectivity index (χ2v) is 11.2. The highest BCUT2D eigenvalue weighted by molar-refractivity contribution is 5.93. The van der Waals surface area contributed by atoms with Crippen molar-refractivity contribution < 1.29 is 28.7 Å².